The molecule has 0 radical (unpaired) electrons. The second-order valence-electron chi connectivity index (χ2n) is 6.28. The van der Waals surface area contributed by atoms with Gasteiger partial charge >= 0.3 is 12.1 Å². The molecule has 0 heterocycles. The summed E-state index contributed by atoms with van der Waals surface area (Å²) in [5.41, 5.74) is 1.03. The Bertz CT molecular complexity index is 641. The summed E-state index contributed by atoms with van der Waals surface area (Å²) in [4.78, 5) is 23.4. The lowest BCUT2D eigenvalue weighted by Gasteiger charge is -2.22. The lowest BCUT2D eigenvalue weighted by atomic mass is 9.97. The van der Waals surface area contributed by atoms with Crippen molar-refractivity contribution in [2.75, 3.05) is 5.32 Å². The monoisotopic (exact) mass is 671 g/mol. The number of ether oxygens (including phenoxy) is 1. The Morgan fingerprint density at radius 2 is 1.83 bits per heavy atom. The summed E-state index contributed by atoms with van der Waals surface area (Å²) in [6, 6.07) is 1.94. The number of hydrogen-bond acceptors (Lipinski definition) is 3. The van der Waals surface area contributed by atoms with E-state index in [1.807, 2.05) is 13.0 Å². The molecular formula is C16H20I3NO4. The number of anilines is 1. The van der Waals surface area contributed by atoms with Crippen LogP contribution in [0.4, 0.5) is 10.5 Å². The Kier molecular flexibility index (Phi) is 8.50. The zero-order valence-electron chi connectivity index (χ0n) is 13.9. The quantitative estimate of drug-likeness (QED) is 0.406. The van der Waals surface area contributed by atoms with Crippen molar-refractivity contribution in [1.82, 2.24) is 0 Å². The Morgan fingerprint density at radius 3 is 2.29 bits per heavy atom. The second-order valence-corrected chi connectivity index (χ2v) is 9.69. The van der Waals surface area contributed by atoms with E-state index in [-0.39, 0.29) is 0 Å². The van der Waals surface area contributed by atoms with E-state index in [9.17, 15) is 14.7 Å². The molecule has 1 unspecified atom stereocenters. The van der Waals surface area contributed by atoms with Crippen molar-refractivity contribution >= 4 is 85.5 Å². The summed E-state index contributed by atoms with van der Waals surface area (Å²) < 4.78 is 8.05. The van der Waals surface area contributed by atoms with Crippen molar-refractivity contribution in [3.05, 3.63) is 22.3 Å². The van der Waals surface area contributed by atoms with Crippen LogP contribution in [0.25, 0.3) is 0 Å². The number of nitrogens with one attached hydrogen (secondary N) is 1. The van der Waals surface area contributed by atoms with Crippen LogP contribution >= 0.6 is 67.8 Å². The third-order valence-corrected chi connectivity index (χ3v) is 6.19. The molecule has 0 aliphatic rings. The number of amides is 1. The number of carbonyl (C=O) groups excluding carboxylic acids is 1. The molecule has 24 heavy (non-hydrogen) atoms. The van der Waals surface area contributed by atoms with Crippen LogP contribution in [0.15, 0.2) is 6.07 Å². The van der Waals surface area contributed by atoms with E-state index in [4.69, 9.17) is 4.74 Å². The van der Waals surface area contributed by atoms with Gasteiger partial charge in [-0.25, -0.2) is 4.79 Å². The van der Waals surface area contributed by atoms with E-state index >= 15 is 0 Å². The number of carboxylic acids is 1. The van der Waals surface area contributed by atoms with E-state index in [1.54, 1.807) is 20.8 Å². The molecule has 0 aliphatic carbocycles. The van der Waals surface area contributed by atoms with Gasteiger partial charge < -0.3 is 9.84 Å². The number of benzene rings is 1. The first-order valence-electron chi connectivity index (χ1n) is 7.35. The van der Waals surface area contributed by atoms with Crippen molar-refractivity contribution in [1.29, 1.82) is 0 Å². The fraction of sp³-hybridized carbons (Fsp3) is 0.500. The zero-order valence-corrected chi connectivity index (χ0v) is 20.3. The first kappa shape index (κ1) is 22.2. The number of rotatable bonds is 5. The summed E-state index contributed by atoms with van der Waals surface area (Å²) in [6.45, 7) is 7.28. The zero-order chi connectivity index (χ0) is 18.7. The third kappa shape index (κ3) is 6.46. The molecule has 1 amide bonds. The minimum Gasteiger partial charge on any atom is -0.481 e. The molecule has 0 spiro atoms. The number of hydrogen-bond donors (Lipinski definition) is 2. The smallest absolute Gasteiger partial charge is 0.412 e. The number of carboxylic acid groups (broad SMARTS) is 1. The van der Waals surface area contributed by atoms with E-state index in [0.29, 0.717) is 18.5 Å². The predicted molar refractivity (Wildman–Crippen MR) is 120 cm³/mol. The predicted octanol–water partition coefficient (Wildman–Crippen LogP) is 5.50. The molecule has 1 rings (SSSR count). The highest BCUT2D eigenvalue weighted by molar-refractivity contribution is 14.1. The van der Waals surface area contributed by atoms with Gasteiger partial charge in [0, 0.05) is 10.7 Å². The summed E-state index contributed by atoms with van der Waals surface area (Å²) in [5.74, 6) is -1.24. The maximum Gasteiger partial charge on any atom is 0.412 e. The standard InChI is InChI=1S/C16H20I3NO4/c1-5-8(14(21)22)6-9-10(17)7-11(18)13(12(9)19)20-15(23)24-16(2,3)4/h7-8H,5-6H2,1-4H3,(H,20,23)(H,21,22). The van der Waals surface area contributed by atoms with Crippen LogP contribution in [0.2, 0.25) is 0 Å². The molecule has 0 bridgehead atoms. The van der Waals surface area contributed by atoms with Gasteiger partial charge in [-0.1, -0.05) is 6.92 Å². The van der Waals surface area contributed by atoms with Gasteiger partial charge in [0.2, 0.25) is 0 Å². The minimum atomic E-state index is -0.802. The summed E-state index contributed by atoms with van der Waals surface area (Å²) >= 11 is 6.53. The van der Waals surface area contributed by atoms with Crippen LogP contribution in [0.1, 0.15) is 39.7 Å². The van der Waals surface area contributed by atoms with Gasteiger partial charge in [-0.3, -0.25) is 10.1 Å². The van der Waals surface area contributed by atoms with Crippen molar-refractivity contribution in [2.45, 2.75) is 46.1 Å². The molecule has 0 saturated carbocycles. The first-order valence-corrected chi connectivity index (χ1v) is 10.6. The molecule has 0 fully saturated rings. The van der Waals surface area contributed by atoms with E-state index < -0.39 is 23.6 Å². The van der Waals surface area contributed by atoms with Gasteiger partial charge in [-0.2, -0.15) is 0 Å². The molecule has 134 valence electrons. The van der Waals surface area contributed by atoms with Gasteiger partial charge in [-0.15, -0.1) is 0 Å². The summed E-state index contributed by atoms with van der Waals surface area (Å²) in [7, 11) is 0. The molecular weight excluding hydrogens is 651 g/mol. The normalized spacial score (nSPS) is 12.6. The van der Waals surface area contributed by atoms with Crippen molar-refractivity contribution in [3.63, 3.8) is 0 Å². The van der Waals surface area contributed by atoms with Crippen LogP contribution in [0.3, 0.4) is 0 Å². The Labute approximate surface area is 183 Å². The topological polar surface area (TPSA) is 75.6 Å². The number of aliphatic carboxylic acids is 1. The van der Waals surface area contributed by atoms with Gasteiger partial charge in [-0.05, 0) is 113 Å². The highest BCUT2D eigenvalue weighted by Gasteiger charge is 2.23. The highest BCUT2D eigenvalue weighted by atomic mass is 127. The van der Waals surface area contributed by atoms with E-state index in [2.05, 4.69) is 73.1 Å². The molecule has 1 aromatic carbocycles. The van der Waals surface area contributed by atoms with E-state index in [0.717, 1.165) is 16.3 Å². The molecule has 8 heteroatoms. The molecule has 0 saturated heterocycles. The third-order valence-electron chi connectivity index (χ3n) is 3.18. The molecule has 5 nitrogen and oxygen atoms in total. The summed E-state index contributed by atoms with van der Waals surface area (Å²) in [6.07, 6.45) is 0.473. The van der Waals surface area contributed by atoms with Crippen molar-refractivity contribution in [3.8, 4) is 0 Å². The highest BCUT2D eigenvalue weighted by Crippen LogP contribution is 2.34. The van der Waals surface area contributed by atoms with Crippen LogP contribution in [0.5, 0.6) is 0 Å². The van der Waals surface area contributed by atoms with Crippen LogP contribution < -0.4 is 5.32 Å². The van der Waals surface area contributed by atoms with Gasteiger partial charge in [0.15, 0.2) is 0 Å². The SMILES string of the molecule is CCC(Cc1c(I)cc(I)c(NC(=O)OC(C)(C)C)c1I)C(=O)O. The Balaban J connectivity index is 3.17. The lowest BCUT2D eigenvalue weighted by Crippen LogP contribution is -2.28. The lowest BCUT2D eigenvalue weighted by molar-refractivity contribution is -0.141. The fourth-order valence-corrected chi connectivity index (χ4v) is 6.07. The fourth-order valence-electron chi connectivity index (χ4n) is 1.99. The van der Waals surface area contributed by atoms with E-state index in [1.165, 1.54) is 0 Å². The van der Waals surface area contributed by atoms with Crippen molar-refractivity contribution < 1.29 is 19.4 Å². The maximum absolute atomic E-state index is 12.1. The minimum absolute atomic E-state index is 0.433. The number of carbonyl (C=O) groups is 2. The average molecular weight is 671 g/mol. The maximum atomic E-state index is 12.1. The molecule has 1 atom stereocenters. The van der Waals surface area contributed by atoms with Crippen molar-refractivity contribution in [2.24, 2.45) is 5.92 Å². The number of halogens is 3. The van der Waals surface area contributed by atoms with Crippen LogP contribution in [0, 0.1) is 16.6 Å². The molecule has 2 N–H and O–H groups in total. The first-order chi connectivity index (χ1) is 11.0. The van der Waals surface area contributed by atoms with Gasteiger partial charge in [0.25, 0.3) is 0 Å². The molecule has 0 aromatic heterocycles. The van der Waals surface area contributed by atoms with Gasteiger partial charge in [0.1, 0.15) is 5.60 Å². The Morgan fingerprint density at radius 1 is 1.25 bits per heavy atom. The van der Waals surface area contributed by atoms with Crippen LogP contribution in [-0.2, 0) is 16.0 Å². The summed E-state index contributed by atoms with van der Waals surface area (Å²) in [5, 5.41) is 12.1. The Hall–Kier alpha value is 0.150. The average Bonchev–Trinajstić information content (AvgIpc) is 2.41. The molecule has 1 aromatic rings. The largest absolute Gasteiger partial charge is 0.481 e. The second kappa shape index (κ2) is 9.19. The molecule has 0 aliphatic heterocycles. The van der Waals surface area contributed by atoms with Crippen LogP contribution in [-0.4, -0.2) is 22.8 Å². The van der Waals surface area contributed by atoms with Gasteiger partial charge in [0.05, 0.1) is 11.6 Å².